The number of hydrogen-bond acceptors (Lipinski definition) is 6. The van der Waals surface area contributed by atoms with Crippen LogP contribution in [0.25, 0.3) is 0 Å². The Morgan fingerprint density at radius 1 is 0.895 bits per heavy atom. The van der Waals surface area contributed by atoms with E-state index in [0.29, 0.717) is 22.6 Å². The maximum absolute atomic E-state index is 12.8. The fourth-order valence-corrected chi connectivity index (χ4v) is 5.52. The van der Waals surface area contributed by atoms with E-state index >= 15 is 0 Å². The monoisotopic (exact) mass is 527 g/mol. The number of aromatic nitrogens is 2. The predicted octanol–water partition coefficient (Wildman–Crippen LogP) is 4.70. The van der Waals surface area contributed by atoms with Gasteiger partial charge in [0.05, 0.1) is 4.90 Å². The minimum Gasteiger partial charge on any atom is -0.322 e. The van der Waals surface area contributed by atoms with Crippen molar-refractivity contribution >= 4 is 27.6 Å². The van der Waals surface area contributed by atoms with E-state index in [9.17, 15) is 13.2 Å². The van der Waals surface area contributed by atoms with Gasteiger partial charge in [0.2, 0.25) is 5.95 Å². The van der Waals surface area contributed by atoms with Gasteiger partial charge in [0, 0.05) is 42.3 Å². The highest BCUT2D eigenvalue weighted by molar-refractivity contribution is 7.92. The first kappa shape index (κ1) is 25.6. The third-order valence-corrected chi connectivity index (χ3v) is 7.81. The molecule has 1 aromatic heterocycles. The fourth-order valence-electron chi connectivity index (χ4n) is 4.58. The van der Waals surface area contributed by atoms with Crippen LogP contribution in [-0.4, -0.2) is 35.7 Å². The van der Waals surface area contributed by atoms with Crippen molar-refractivity contribution in [2.45, 2.75) is 38.3 Å². The van der Waals surface area contributed by atoms with Crippen LogP contribution in [0.15, 0.2) is 83.8 Å². The summed E-state index contributed by atoms with van der Waals surface area (Å²) in [6, 6.07) is 23.9. The predicted molar refractivity (Wildman–Crippen MR) is 147 cm³/mol. The van der Waals surface area contributed by atoms with Gasteiger partial charge < -0.3 is 5.32 Å². The highest BCUT2D eigenvalue weighted by Gasteiger charge is 2.18. The van der Waals surface area contributed by atoms with Gasteiger partial charge in [-0.15, -0.1) is 0 Å². The average molecular weight is 528 g/mol. The number of nitrogens with one attached hydrogen (secondary N) is 2. The second kappa shape index (κ2) is 10.7. The van der Waals surface area contributed by atoms with E-state index in [2.05, 4.69) is 49.2 Å². The summed E-state index contributed by atoms with van der Waals surface area (Å²) in [5.74, 6) is -0.241. The topological polar surface area (TPSA) is 104 Å². The number of fused-ring (bicyclic) bond motifs is 1. The lowest BCUT2D eigenvalue weighted by molar-refractivity contribution is 0.102. The zero-order valence-corrected chi connectivity index (χ0v) is 22.1. The van der Waals surface area contributed by atoms with E-state index in [0.717, 1.165) is 31.6 Å². The Hall–Kier alpha value is -4.08. The zero-order valence-electron chi connectivity index (χ0n) is 21.3. The molecule has 0 saturated carbocycles. The number of carbonyl (C=O) groups excluding carboxylic acids is 1. The van der Waals surface area contributed by atoms with E-state index < -0.39 is 10.0 Å². The van der Waals surface area contributed by atoms with E-state index in [-0.39, 0.29) is 16.8 Å². The molecular formula is C29H29N5O3S. The van der Waals surface area contributed by atoms with Crippen molar-refractivity contribution in [1.82, 2.24) is 14.9 Å². The average Bonchev–Trinajstić information content (AvgIpc) is 2.88. The number of carbonyl (C=O) groups is 1. The summed E-state index contributed by atoms with van der Waals surface area (Å²) >= 11 is 0. The van der Waals surface area contributed by atoms with Gasteiger partial charge in [-0.25, -0.2) is 23.1 Å². The quantitative estimate of drug-likeness (QED) is 0.361. The Bertz CT molecular complexity index is 1550. The first-order chi connectivity index (χ1) is 18.2. The van der Waals surface area contributed by atoms with Gasteiger partial charge in [0.1, 0.15) is 0 Å². The number of nitrogens with zero attached hydrogens (tertiary/aromatic N) is 3. The van der Waals surface area contributed by atoms with Crippen molar-refractivity contribution in [2.24, 2.45) is 0 Å². The summed E-state index contributed by atoms with van der Waals surface area (Å²) in [5, 5.41) is 2.82. The number of amides is 1. The molecule has 2 heterocycles. The summed E-state index contributed by atoms with van der Waals surface area (Å²) in [6.45, 7) is 6.31. The molecule has 0 saturated heterocycles. The maximum Gasteiger partial charge on any atom is 0.264 e. The molecule has 8 nitrogen and oxygen atoms in total. The first-order valence-electron chi connectivity index (χ1n) is 12.4. The Morgan fingerprint density at radius 3 is 2.24 bits per heavy atom. The van der Waals surface area contributed by atoms with E-state index in [4.69, 9.17) is 0 Å². The highest BCUT2D eigenvalue weighted by Crippen LogP contribution is 2.21. The number of aryl methyl sites for hydroxylation is 2. The number of benzene rings is 3. The largest absolute Gasteiger partial charge is 0.322 e. The van der Waals surface area contributed by atoms with Crippen molar-refractivity contribution in [3.05, 3.63) is 113 Å². The molecule has 0 radical (unpaired) electrons. The summed E-state index contributed by atoms with van der Waals surface area (Å²) in [6.07, 6.45) is 1.05. The molecule has 1 amide bonds. The van der Waals surface area contributed by atoms with Crippen LogP contribution in [0.5, 0.6) is 0 Å². The molecule has 1 aliphatic heterocycles. The van der Waals surface area contributed by atoms with Crippen molar-refractivity contribution in [2.75, 3.05) is 16.6 Å². The fraction of sp³-hybridized carbons (Fsp3) is 0.207. The SMILES string of the molecule is Cc1cc(C)nc(NS(=O)(=O)c2ccc(NC(=O)c3ccc(CN4CCc5ccccc5C4)cc3)cc2)n1. The van der Waals surface area contributed by atoms with Crippen LogP contribution < -0.4 is 10.0 Å². The first-order valence-corrected chi connectivity index (χ1v) is 13.9. The molecule has 9 heteroatoms. The van der Waals surface area contributed by atoms with Crippen LogP contribution in [0.4, 0.5) is 11.6 Å². The molecule has 5 rings (SSSR count). The standard InChI is InChI=1S/C29H29N5O3S/c1-20-17-21(2)31-29(30-20)33-38(36,37)27-13-11-26(12-14-27)32-28(35)24-9-7-22(8-10-24)18-34-16-15-23-5-3-4-6-25(23)19-34/h3-14,17H,15-16,18-19H2,1-2H3,(H,32,35)(H,30,31,33). The van der Waals surface area contributed by atoms with Gasteiger partial charge in [-0.1, -0.05) is 36.4 Å². The maximum atomic E-state index is 12.8. The Kier molecular flexibility index (Phi) is 7.22. The normalized spacial score (nSPS) is 13.5. The number of hydrogen-bond donors (Lipinski definition) is 2. The van der Waals surface area contributed by atoms with Crippen LogP contribution in [0.2, 0.25) is 0 Å². The number of anilines is 2. The van der Waals surface area contributed by atoms with Gasteiger partial charge in [-0.3, -0.25) is 9.69 Å². The summed E-state index contributed by atoms with van der Waals surface area (Å²) in [7, 11) is -3.87. The van der Waals surface area contributed by atoms with Gasteiger partial charge in [-0.05, 0) is 79.4 Å². The van der Waals surface area contributed by atoms with Gasteiger partial charge in [0.25, 0.3) is 15.9 Å². The van der Waals surface area contributed by atoms with E-state index in [1.54, 1.807) is 32.0 Å². The minimum absolute atomic E-state index is 0.0217. The molecule has 0 aliphatic carbocycles. The molecule has 2 N–H and O–H groups in total. The molecule has 4 aromatic rings. The second-order valence-corrected chi connectivity index (χ2v) is 11.2. The van der Waals surface area contributed by atoms with Gasteiger partial charge in [0.15, 0.2) is 0 Å². The van der Waals surface area contributed by atoms with Crippen LogP contribution >= 0.6 is 0 Å². The second-order valence-electron chi connectivity index (χ2n) is 9.48. The zero-order chi connectivity index (χ0) is 26.7. The summed E-state index contributed by atoms with van der Waals surface area (Å²) in [4.78, 5) is 23.5. The lowest BCUT2D eigenvalue weighted by Gasteiger charge is -2.28. The van der Waals surface area contributed by atoms with Gasteiger partial charge in [-0.2, -0.15) is 0 Å². The van der Waals surface area contributed by atoms with Crippen molar-refractivity contribution in [3.63, 3.8) is 0 Å². The molecule has 194 valence electrons. The number of rotatable bonds is 7. The molecule has 38 heavy (non-hydrogen) atoms. The molecular weight excluding hydrogens is 498 g/mol. The lowest BCUT2D eigenvalue weighted by atomic mass is 9.99. The molecule has 0 fully saturated rings. The summed E-state index contributed by atoms with van der Waals surface area (Å²) in [5.41, 5.74) is 6.31. The van der Waals surface area contributed by atoms with Crippen LogP contribution in [0.1, 0.15) is 38.4 Å². The molecule has 0 spiro atoms. The molecule has 0 bridgehead atoms. The smallest absolute Gasteiger partial charge is 0.264 e. The minimum atomic E-state index is -3.87. The van der Waals surface area contributed by atoms with E-state index in [1.165, 1.54) is 23.3 Å². The van der Waals surface area contributed by atoms with Crippen LogP contribution in [0, 0.1) is 13.8 Å². The molecule has 0 atom stereocenters. The number of sulfonamides is 1. The van der Waals surface area contributed by atoms with Crippen molar-refractivity contribution in [3.8, 4) is 0 Å². The van der Waals surface area contributed by atoms with E-state index in [1.807, 2.05) is 24.3 Å². The summed E-state index contributed by atoms with van der Waals surface area (Å²) < 4.78 is 27.9. The Balaban J connectivity index is 1.18. The van der Waals surface area contributed by atoms with Crippen molar-refractivity contribution in [1.29, 1.82) is 0 Å². The third kappa shape index (κ3) is 6.07. The van der Waals surface area contributed by atoms with Crippen LogP contribution in [-0.2, 0) is 29.5 Å². The Labute approximate surface area is 222 Å². The van der Waals surface area contributed by atoms with Gasteiger partial charge >= 0.3 is 0 Å². The third-order valence-electron chi connectivity index (χ3n) is 6.46. The molecule has 3 aromatic carbocycles. The van der Waals surface area contributed by atoms with Crippen LogP contribution in [0.3, 0.4) is 0 Å². The Morgan fingerprint density at radius 2 is 1.55 bits per heavy atom. The molecule has 1 aliphatic rings. The lowest BCUT2D eigenvalue weighted by Crippen LogP contribution is -2.29. The molecule has 0 unspecified atom stereocenters. The highest BCUT2D eigenvalue weighted by atomic mass is 32.2. The van der Waals surface area contributed by atoms with Crippen molar-refractivity contribution < 1.29 is 13.2 Å².